The van der Waals surface area contributed by atoms with Crippen LogP contribution >= 0.6 is 0 Å². The van der Waals surface area contributed by atoms with Crippen molar-refractivity contribution in [3.63, 3.8) is 0 Å². The predicted octanol–water partition coefficient (Wildman–Crippen LogP) is 2.28. The van der Waals surface area contributed by atoms with Crippen LogP contribution in [0.1, 0.15) is 37.7 Å². The van der Waals surface area contributed by atoms with Crippen LogP contribution in [-0.4, -0.2) is 43.1 Å². The molecule has 2 aromatic heterocycles. The lowest BCUT2D eigenvalue weighted by atomic mass is 10.0. The van der Waals surface area contributed by atoms with Crippen LogP contribution in [0, 0.1) is 5.92 Å². The van der Waals surface area contributed by atoms with Gasteiger partial charge in [0, 0.05) is 20.6 Å². The number of benzene rings is 1. The van der Waals surface area contributed by atoms with Crippen molar-refractivity contribution in [3.8, 4) is 0 Å². The number of aromatic nitrogens is 5. The minimum Gasteiger partial charge on any atom is -0.328 e. The standard InChI is InChI=1S/C17H23N7O2/c1-11(2)7-15(16-18-10-19-24(16)4)20-17(25)23(3)9-12-5-6-13-14(8-12)22-26-21-13/h5-6,8,10-11,15H,7,9H2,1-4H3,(H,20,25)/t15-/m0/s1. The minimum atomic E-state index is -0.195. The van der Waals surface area contributed by atoms with Gasteiger partial charge in [-0.25, -0.2) is 14.4 Å². The van der Waals surface area contributed by atoms with Gasteiger partial charge in [0.2, 0.25) is 0 Å². The summed E-state index contributed by atoms with van der Waals surface area (Å²) in [6, 6.07) is 5.24. The van der Waals surface area contributed by atoms with Crippen LogP contribution < -0.4 is 5.32 Å². The molecule has 0 saturated carbocycles. The van der Waals surface area contributed by atoms with Crippen molar-refractivity contribution in [1.29, 1.82) is 0 Å². The Kier molecular flexibility index (Phi) is 5.15. The summed E-state index contributed by atoms with van der Waals surface area (Å²) >= 11 is 0. The Labute approximate surface area is 151 Å². The smallest absolute Gasteiger partial charge is 0.318 e. The molecule has 0 fully saturated rings. The van der Waals surface area contributed by atoms with Crippen molar-refractivity contribution < 1.29 is 9.42 Å². The highest BCUT2D eigenvalue weighted by molar-refractivity contribution is 5.75. The van der Waals surface area contributed by atoms with Crippen LogP contribution in [0.25, 0.3) is 11.0 Å². The highest BCUT2D eigenvalue weighted by atomic mass is 16.6. The monoisotopic (exact) mass is 357 g/mol. The Bertz CT molecular complexity index is 886. The molecular weight excluding hydrogens is 334 g/mol. The molecule has 9 heteroatoms. The first-order chi connectivity index (χ1) is 12.4. The molecule has 1 aromatic carbocycles. The zero-order chi connectivity index (χ0) is 18.7. The number of rotatable bonds is 6. The summed E-state index contributed by atoms with van der Waals surface area (Å²) in [4.78, 5) is 18.6. The van der Waals surface area contributed by atoms with E-state index in [1.165, 1.54) is 6.33 Å². The lowest BCUT2D eigenvalue weighted by Gasteiger charge is -2.24. The molecule has 138 valence electrons. The van der Waals surface area contributed by atoms with Crippen molar-refractivity contribution in [2.24, 2.45) is 13.0 Å². The highest BCUT2D eigenvalue weighted by Crippen LogP contribution is 2.19. The molecule has 0 unspecified atom stereocenters. The largest absolute Gasteiger partial charge is 0.328 e. The topological polar surface area (TPSA) is 102 Å². The molecule has 2 amide bonds. The molecule has 0 aliphatic rings. The average Bonchev–Trinajstić information content (AvgIpc) is 3.21. The van der Waals surface area contributed by atoms with E-state index < -0.39 is 0 Å². The van der Waals surface area contributed by atoms with Crippen LogP contribution in [0.15, 0.2) is 29.2 Å². The lowest BCUT2D eigenvalue weighted by Crippen LogP contribution is -2.40. The Hall–Kier alpha value is -2.97. The van der Waals surface area contributed by atoms with Crippen molar-refractivity contribution in [2.45, 2.75) is 32.9 Å². The maximum Gasteiger partial charge on any atom is 0.318 e. The molecule has 0 aliphatic carbocycles. The van der Waals surface area contributed by atoms with E-state index in [2.05, 4.69) is 39.6 Å². The van der Waals surface area contributed by atoms with E-state index in [0.717, 1.165) is 17.8 Å². The van der Waals surface area contributed by atoms with Crippen LogP contribution in [0.3, 0.4) is 0 Å². The normalized spacial score (nSPS) is 12.5. The van der Waals surface area contributed by atoms with Crippen molar-refractivity contribution in [3.05, 3.63) is 35.9 Å². The van der Waals surface area contributed by atoms with Crippen LogP contribution in [0.4, 0.5) is 4.79 Å². The molecule has 2 heterocycles. The second kappa shape index (κ2) is 7.51. The van der Waals surface area contributed by atoms with Gasteiger partial charge in [0.15, 0.2) is 0 Å². The number of carbonyl (C=O) groups is 1. The van der Waals surface area contributed by atoms with Crippen molar-refractivity contribution >= 4 is 17.1 Å². The molecule has 0 saturated heterocycles. The van der Waals surface area contributed by atoms with E-state index in [1.54, 1.807) is 16.6 Å². The van der Waals surface area contributed by atoms with E-state index in [4.69, 9.17) is 4.63 Å². The summed E-state index contributed by atoms with van der Waals surface area (Å²) in [7, 11) is 3.58. The summed E-state index contributed by atoms with van der Waals surface area (Å²) < 4.78 is 6.40. The van der Waals surface area contributed by atoms with Gasteiger partial charge in [-0.2, -0.15) is 5.10 Å². The molecule has 1 N–H and O–H groups in total. The zero-order valence-corrected chi connectivity index (χ0v) is 15.4. The van der Waals surface area contributed by atoms with Gasteiger partial charge in [0.1, 0.15) is 23.2 Å². The highest BCUT2D eigenvalue weighted by Gasteiger charge is 2.22. The average molecular weight is 357 g/mol. The SMILES string of the molecule is CC(C)C[C@H](NC(=O)N(C)Cc1ccc2nonc2c1)c1ncnn1C. The van der Waals surface area contributed by atoms with Gasteiger partial charge >= 0.3 is 6.03 Å². The number of aryl methyl sites for hydroxylation is 1. The molecule has 3 rings (SSSR count). The lowest BCUT2D eigenvalue weighted by molar-refractivity contribution is 0.199. The van der Waals surface area contributed by atoms with Gasteiger partial charge in [-0.15, -0.1) is 0 Å². The predicted molar refractivity (Wildman–Crippen MR) is 95.0 cm³/mol. The Morgan fingerprint density at radius 1 is 1.31 bits per heavy atom. The zero-order valence-electron chi connectivity index (χ0n) is 15.4. The summed E-state index contributed by atoms with van der Waals surface area (Å²) in [5, 5.41) is 14.8. The molecular formula is C17H23N7O2. The maximum absolute atomic E-state index is 12.7. The van der Waals surface area contributed by atoms with E-state index in [1.807, 2.05) is 25.2 Å². The van der Waals surface area contributed by atoms with Crippen LogP contribution in [-0.2, 0) is 13.6 Å². The number of nitrogens with one attached hydrogen (secondary N) is 1. The van der Waals surface area contributed by atoms with E-state index in [0.29, 0.717) is 23.5 Å². The maximum atomic E-state index is 12.7. The van der Waals surface area contributed by atoms with E-state index in [-0.39, 0.29) is 12.1 Å². The summed E-state index contributed by atoms with van der Waals surface area (Å²) in [6.07, 6.45) is 2.28. The Balaban J connectivity index is 1.68. The van der Waals surface area contributed by atoms with Gasteiger partial charge in [-0.3, -0.25) is 4.68 Å². The third kappa shape index (κ3) is 3.98. The summed E-state index contributed by atoms with van der Waals surface area (Å²) in [5.41, 5.74) is 2.32. The first kappa shape index (κ1) is 17.8. The fraction of sp³-hybridized carbons (Fsp3) is 0.471. The third-order valence-corrected chi connectivity index (χ3v) is 4.15. The number of hydrogen-bond donors (Lipinski definition) is 1. The minimum absolute atomic E-state index is 0.169. The fourth-order valence-electron chi connectivity index (χ4n) is 2.85. The van der Waals surface area contributed by atoms with Gasteiger partial charge in [0.25, 0.3) is 0 Å². The van der Waals surface area contributed by atoms with Gasteiger partial charge in [-0.05, 0) is 40.3 Å². The number of nitrogens with zero attached hydrogens (tertiary/aromatic N) is 6. The number of urea groups is 1. The number of hydrogen-bond acceptors (Lipinski definition) is 6. The fourth-order valence-corrected chi connectivity index (χ4v) is 2.85. The number of fused-ring (bicyclic) bond motifs is 1. The molecule has 0 radical (unpaired) electrons. The van der Waals surface area contributed by atoms with Crippen LogP contribution in [0.5, 0.6) is 0 Å². The second-order valence-electron chi connectivity index (χ2n) is 6.82. The molecule has 0 spiro atoms. The summed E-state index contributed by atoms with van der Waals surface area (Å²) in [6.45, 7) is 4.67. The number of carbonyl (C=O) groups excluding carboxylic acids is 1. The van der Waals surface area contributed by atoms with Gasteiger partial charge in [0.05, 0.1) is 6.04 Å². The van der Waals surface area contributed by atoms with E-state index >= 15 is 0 Å². The quantitative estimate of drug-likeness (QED) is 0.726. The molecule has 26 heavy (non-hydrogen) atoms. The first-order valence-electron chi connectivity index (χ1n) is 8.50. The first-order valence-corrected chi connectivity index (χ1v) is 8.50. The summed E-state index contributed by atoms with van der Waals surface area (Å²) in [5.74, 6) is 1.15. The molecule has 1 atom stereocenters. The van der Waals surface area contributed by atoms with E-state index in [9.17, 15) is 4.79 Å². The Morgan fingerprint density at radius 3 is 2.77 bits per heavy atom. The van der Waals surface area contributed by atoms with Gasteiger partial charge in [-0.1, -0.05) is 19.9 Å². The Morgan fingerprint density at radius 2 is 2.08 bits per heavy atom. The van der Waals surface area contributed by atoms with Crippen molar-refractivity contribution in [1.82, 2.24) is 35.3 Å². The van der Waals surface area contributed by atoms with Crippen LogP contribution in [0.2, 0.25) is 0 Å². The molecule has 9 nitrogen and oxygen atoms in total. The molecule has 0 bridgehead atoms. The second-order valence-corrected chi connectivity index (χ2v) is 6.82. The van der Waals surface area contributed by atoms with Gasteiger partial charge < -0.3 is 10.2 Å². The molecule has 0 aliphatic heterocycles. The third-order valence-electron chi connectivity index (χ3n) is 4.15. The molecule has 3 aromatic rings. The van der Waals surface area contributed by atoms with Crippen molar-refractivity contribution in [2.75, 3.05) is 7.05 Å². The number of amides is 2.